The summed E-state index contributed by atoms with van der Waals surface area (Å²) in [5, 5.41) is 5.95. The maximum absolute atomic E-state index is 12.4. The van der Waals surface area contributed by atoms with E-state index in [0.29, 0.717) is 25.6 Å². The Kier molecular flexibility index (Phi) is 6.02. The molecule has 1 aliphatic heterocycles. The summed E-state index contributed by atoms with van der Waals surface area (Å²) in [4.78, 5) is 30.1. The molecule has 2 heterocycles. The van der Waals surface area contributed by atoms with Crippen LogP contribution in [0.3, 0.4) is 0 Å². The number of pyridine rings is 1. The molecule has 1 aromatic rings. The van der Waals surface area contributed by atoms with Gasteiger partial charge in [-0.3, -0.25) is 19.5 Å². The van der Waals surface area contributed by atoms with Gasteiger partial charge in [0.25, 0.3) is 0 Å². The van der Waals surface area contributed by atoms with Crippen LogP contribution in [-0.4, -0.2) is 46.9 Å². The topological polar surface area (TPSA) is 74.3 Å². The molecular formula is C19H28N4O2. The Morgan fingerprint density at radius 1 is 1.20 bits per heavy atom. The highest BCUT2D eigenvalue weighted by atomic mass is 16.2. The SMILES string of the molecule is CC(=O)NC[C@H]1CC[C@@H](CC(=O)NCc2cccnc2)N1CC1CC1. The number of hydrogen-bond acceptors (Lipinski definition) is 4. The zero-order valence-electron chi connectivity index (χ0n) is 14.9. The summed E-state index contributed by atoms with van der Waals surface area (Å²) in [5.74, 6) is 0.887. The van der Waals surface area contributed by atoms with Gasteiger partial charge in [-0.15, -0.1) is 0 Å². The zero-order valence-corrected chi connectivity index (χ0v) is 14.9. The molecule has 2 N–H and O–H groups in total. The number of nitrogens with one attached hydrogen (secondary N) is 2. The van der Waals surface area contributed by atoms with Gasteiger partial charge < -0.3 is 10.6 Å². The van der Waals surface area contributed by atoms with Gasteiger partial charge in [0.15, 0.2) is 0 Å². The summed E-state index contributed by atoms with van der Waals surface area (Å²) in [6.07, 6.45) is 8.70. The van der Waals surface area contributed by atoms with Crippen LogP contribution >= 0.6 is 0 Å². The molecule has 6 nitrogen and oxygen atoms in total. The van der Waals surface area contributed by atoms with Gasteiger partial charge in [0.05, 0.1) is 0 Å². The number of aromatic nitrogens is 1. The van der Waals surface area contributed by atoms with Crippen LogP contribution in [0, 0.1) is 5.92 Å². The summed E-state index contributed by atoms with van der Waals surface area (Å²) in [7, 11) is 0. The van der Waals surface area contributed by atoms with Crippen molar-refractivity contribution < 1.29 is 9.59 Å². The smallest absolute Gasteiger partial charge is 0.221 e. The van der Waals surface area contributed by atoms with Gasteiger partial charge in [0, 0.05) is 57.5 Å². The van der Waals surface area contributed by atoms with E-state index in [1.54, 1.807) is 19.3 Å². The van der Waals surface area contributed by atoms with Crippen molar-refractivity contribution in [1.29, 1.82) is 0 Å². The van der Waals surface area contributed by atoms with E-state index in [0.717, 1.165) is 30.9 Å². The van der Waals surface area contributed by atoms with Gasteiger partial charge in [-0.1, -0.05) is 6.07 Å². The minimum Gasteiger partial charge on any atom is -0.355 e. The first-order valence-corrected chi connectivity index (χ1v) is 9.27. The lowest BCUT2D eigenvalue weighted by Gasteiger charge is -2.30. The van der Waals surface area contributed by atoms with E-state index in [-0.39, 0.29) is 17.9 Å². The van der Waals surface area contributed by atoms with Crippen LogP contribution in [0.25, 0.3) is 0 Å². The number of hydrogen-bond donors (Lipinski definition) is 2. The average molecular weight is 344 g/mol. The first-order chi connectivity index (χ1) is 12.1. The second-order valence-electron chi connectivity index (χ2n) is 7.30. The van der Waals surface area contributed by atoms with E-state index in [4.69, 9.17) is 0 Å². The molecule has 2 fully saturated rings. The molecule has 3 rings (SSSR count). The third-order valence-corrected chi connectivity index (χ3v) is 5.16. The highest BCUT2D eigenvalue weighted by molar-refractivity contribution is 5.76. The Morgan fingerprint density at radius 2 is 2.00 bits per heavy atom. The van der Waals surface area contributed by atoms with Crippen molar-refractivity contribution in [3.8, 4) is 0 Å². The molecule has 2 atom stereocenters. The Morgan fingerprint density at radius 3 is 2.68 bits per heavy atom. The number of likely N-dealkylation sites (tertiary alicyclic amines) is 1. The molecule has 2 aliphatic rings. The van der Waals surface area contributed by atoms with E-state index < -0.39 is 0 Å². The number of nitrogens with zero attached hydrogens (tertiary/aromatic N) is 2. The van der Waals surface area contributed by atoms with Gasteiger partial charge in [-0.05, 0) is 43.2 Å². The molecule has 1 saturated heterocycles. The van der Waals surface area contributed by atoms with Crippen molar-refractivity contribution in [3.63, 3.8) is 0 Å². The van der Waals surface area contributed by atoms with Crippen molar-refractivity contribution in [1.82, 2.24) is 20.5 Å². The van der Waals surface area contributed by atoms with Gasteiger partial charge in [-0.2, -0.15) is 0 Å². The highest BCUT2D eigenvalue weighted by Crippen LogP contribution is 2.35. The van der Waals surface area contributed by atoms with Crippen molar-refractivity contribution in [2.45, 2.75) is 57.7 Å². The summed E-state index contributed by atoms with van der Waals surface area (Å²) in [5.41, 5.74) is 1.01. The van der Waals surface area contributed by atoms with E-state index in [1.807, 2.05) is 12.1 Å². The maximum atomic E-state index is 12.4. The molecule has 1 saturated carbocycles. The van der Waals surface area contributed by atoms with Crippen molar-refractivity contribution >= 4 is 11.8 Å². The van der Waals surface area contributed by atoms with Gasteiger partial charge in [0.2, 0.25) is 11.8 Å². The first kappa shape index (κ1) is 17.9. The number of amides is 2. The molecule has 1 aliphatic carbocycles. The van der Waals surface area contributed by atoms with Gasteiger partial charge >= 0.3 is 0 Å². The highest BCUT2D eigenvalue weighted by Gasteiger charge is 2.37. The Balaban J connectivity index is 1.50. The summed E-state index contributed by atoms with van der Waals surface area (Å²) in [6.45, 7) is 3.83. The van der Waals surface area contributed by atoms with Crippen molar-refractivity contribution in [3.05, 3.63) is 30.1 Å². The molecule has 25 heavy (non-hydrogen) atoms. The minimum absolute atomic E-state index is 0.0176. The summed E-state index contributed by atoms with van der Waals surface area (Å²) >= 11 is 0. The zero-order chi connectivity index (χ0) is 17.6. The molecular weight excluding hydrogens is 316 g/mol. The second kappa shape index (κ2) is 8.43. The largest absolute Gasteiger partial charge is 0.355 e. The fourth-order valence-electron chi connectivity index (χ4n) is 3.60. The minimum atomic E-state index is 0.0176. The van der Waals surface area contributed by atoms with Gasteiger partial charge in [-0.25, -0.2) is 0 Å². The molecule has 1 aromatic heterocycles. The average Bonchev–Trinajstić information content (AvgIpc) is 3.35. The Hall–Kier alpha value is -1.95. The fourth-order valence-corrected chi connectivity index (χ4v) is 3.60. The lowest BCUT2D eigenvalue weighted by molar-refractivity contribution is -0.122. The molecule has 0 spiro atoms. The summed E-state index contributed by atoms with van der Waals surface area (Å²) in [6, 6.07) is 4.49. The van der Waals surface area contributed by atoms with Crippen LogP contribution in [0.2, 0.25) is 0 Å². The first-order valence-electron chi connectivity index (χ1n) is 9.27. The predicted octanol–water partition coefficient (Wildman–Crippen LogP) is 1.47. The number of carbonyl (C=O) groups excluding carboxylic acids is 2. The van der Waals surface area contributed by atoms with Crippen molar-refractivity contribution in [2.24, 2.45) is 5.92 Å². The molecule has 0 unspecified atom stereocenters. The van der Waals surface area contributed by atoms with Crippen LogP contribution < -0.4 is 10.6 Å². The van der Waals surface area contributed by atoms with Crippen LogP contribution in [0.1, 0.15) is 44.6 Å². The maximum Gasteiger partial charge on any atom is 0.221 e. The number of carbonyl (C=O) groups is 2. The predicted molar refractivity (Wildman–Crippen MR) is 95.6 cm³/mol. The third-order valence-electron chi connectivity index (χ3n) is 5.16. The summed E-state index contributed by atoms with van der Waals surface area (Å²) < 4.78 is 0. The van der Waals surface area contributed by atoms with Crippen LogP contribution in [0.4, 0.5) is 0 Å². The molecule has 0 radical (unpaired) electrons. The van der Waals surface area contributed by atoms with Crippen LogP contribution in [0.15, 0.2) is 24.5 Å². The van der Waals surface area contributed by atoms with Crippen LogP contribution in [0.5, 0.6) is 0 Å². The fraction of sp³-hybridized carbons (Fsp3) is 0.632. The monoisotopic (exact) mass is 344 g/mol. The van der Waals surface area contributed by atoms with Crippen molar-refractivity contribution in [2.75, 3.05) is 13.1 Å². The lowest BCUT2D eigenvalue weighted by atomic mass is 10.1. The normalized spacial score (nSPS) is 23.4. The van der Waals surface area contributed by atoms with E-state index in [9.17, 15) is 9.59 Å². The lowest BCUT2D eigenvalue weighted by Crippen LogP contribution is -2.45. The third kappa shape index (κ3) is 5.53. The molecule has 0 aromatic carbocycles. The molecule has 6 heteroatoms. The standard InChI is InChI=1S/C19H28N4O2/c1-14(24)21-12-18-7-6-17(23(18)13-15-4-5-15)9-19(25)22-11-16-3-2-8-20-10-16/h2-3,8,10,15,17-18H,4-7,9,11-13H2,1H3,(H,21,24)(H,22,25)/t17-,18+/m0/s1. The van der Waals surface area contributed by atoms with Gasteiger partial charge in [0.1, 0.15) is 0 Å². The quantitative estimate of drug-likeness (QED) is 0.749. The molecule has 0 bridgehead atoms. The van der Waals surface area contributed by atoms with E-state index in [1.165, 1.54) is 12.8 Å². The Labute approximate surface area is 149 Å². The van der Waals surface area contributed by atoms with E-state index in [2.05, 4.69) is 20.5 Å². The second-order valence-corrected chi connectivity index (χ2v) is 7.30. The van der Waals surface area contributed by atoms with Crippen LogP contribution in [-0.2, 0) is 16.1 Å². The van der Waals surface area contributed by atoms with E-state index >= 15 is 0 Å². The molecule has 2 amide bonds. The Bertz CT molecular complexity index is 588. The molecule has 136 valence electrons. The number of rotatable bonds is 8.